The number of piperidine rings is 1. The van der Waals surface area contributed by atoms with Crippen LogP contribution in [-0.4, -0.2) is 38.8 Å². The number of benzene rings is 1. The largest absolute Gasteiger partial charge is 0.482 e. The molecule has 4 heteroatoms. The molecule has 1 saturated heterocycles. The number of hydrogen-bond donors (Lipinski definition) is 1. The van der Waals surface area contributed by atoms with Crippen LogP contribution in [0.5, 0.6) is 5.75 Å². The maximum atomic E-state index is 11.7. The highest BCUT2D eigenvalue weighted by molar-refractivity contribution is 5.71. The molecule has 1 aliphatic heterocycles. The highest BCUT2D eigenvalue weighted by Crippen LogP contribution is 2.11. The lowest BCUT2D eigenvalue weighted by molar-refractivity contribution is -0.888. The molecule has 0 bridgehead atoms. The van der Waals surface area contributed by atoms with Crippen molar-refractivity contribution >= 4 is 5.97 Å². The molecule has 2 atom stereocenters. The zero-order valence-corrected chi connectivity index (χ0v) is 11.6. The second kappa shape index (κ2) is 6.57. The lowest BCUT2D eigenvalue weighted by Gasteiger charge is -2.26. The Labute approximate surface area is 114 Å². The number of carbonyl (C=O) groups is 1. The quantitative estimate of drug-likeness (QED) is 0.809. The van der Waals surface area contributed by atoms with Gasteiger partial charge in [-0.3, -0.25) is 0 Å². The normalized spacial score (nSPS) is 22.8. The standard InChI is InChI=1S/C15H21NO3/c1-12-5-7-13(8-6-12)18-11-15(17)19-14-4-3-9-16(2)10-14/h5-8,14H,3-4,9-11H2,1-2H3/p+1. The van der Waals surface area contributed by atoms with Crippen molar-refractivity contribution in [1.29, 1.82) is 0 Å². The van der Waals surface area contributed by atoms with Gasteiger partial charge in [-0.1, -0.05) is 17.7 Å². The third-order valence-corrected chi connectivity index (χ3v) is 3.38. The summed E-state index contributed by atoms with van der Waals surface area (Å²) in [6.45, 7) is 4.06. The van der Waals surface area contributed by atoms with Crippen molar-refractivity contribution in [2.75, 3.05) is 26.7 Å². The van der Waals surface area contributed by atoms with E-state index < -0.39 is 0 Å². The van der Waals surface area contributed by atoms with Crippen LogP contribution in [0.4, 0.5) is 0 Å². The van der Waals surface area contributed by atoms with E-state index in [1.807, 2.05) is 31.2 Å². The number of esters is 1. The smallest absolute Gasteiger partial charge is 0.344 e. The predicted molar refractivity (Wildman–Crippen MR) is 72.4 cm³/mol. The van der Waals surface area contributed by atoms with Gasteiger partial charge in [0.25, 0.3) is 0 Å². The summed E-state index contributed by atoms with van der Waals surface area (Å²) in [4.78, 5) is 13.1. The van der Waals surface area contributed by atoms with Crippen LogP contribution in [0.3, 0.4) is 0 Å². The van der Waals surface area contributed by atoms with Gasteiger partial charge in [-0.05, 0) is 25.5 Å². The first-order valence-corrected chi connectivity index (χ1v) is 6.84. The van der Waals surface area contributed by atoms with Gasteiger partial charge in [0.15, 0.2) is 12.7 Å². The molecule has 0 saturated carbocycles. The Kier molecular flexibility index (Phi) is 4.80. The van der Waals surface area contributed by atoms with Crippen LogP contribution >= 0.6 is 0 Å². The SMILES string of the molecule is Cc1ccc(OCC(=O)OC2CCC[NH+](C)C2)cc1. The van der Waals surface area contributed by atoms with Crippen molar-refractivity contribution in [1.82, 2.24) is 0 Å². The highest BCUT2D eigenvalue weighted by Gasteiger charge is 2.23. The Bertz CT molecular complexity index is 416. The lowest BCUT2D eigenvalue weighted by atomic mass is 10.1. The Morgan fingerprint density at radius 2 is 2.11 bits per heavy atom. The number of nitrogens with one attached hydrogen (secondary N) is 1. The molecule has 1 aliphatic rings. The van der Waals surface area contributed by atoms with Crippen molar-refractivity contribution in [3.8, 4) is 5.75 Å². The summed E-state index contributed by atoms with van der Waals surface area (Å²) in [5.74, 6) is 0.425. The van der Waals surface area contributed by atoms with E-state index in [9.17, 15) is 4.79 Å². The minimum Gasteiger partial charge on any atom is -0.482 e. The summed E-state index contributed by atoms with van der Waals surface area (Å²) in [6, 6.07) is 7.64. The van der Waals surface area contributed by atoms with Crippen molar-refractivity contribution < 1.29 is 19.2 Å². The van der Waals surface area contributed by atoms with E-state index in [0.717, 1.165) is 25.9 Å². The summed E-state index contributed by atoms with van der Waals surface area (Å²) in [5.41, 5.74) is 1.17. The van der Waals surface area contributed by atoms with Crippen LogP contribution in [0, 0.1) is 6.92 Å². The van der Waals surface area contributed by atoms with E-state index in [0.29, 0.717) is 5.75 Å². The number of aryl methyl sites for hydroxylation is 1. The molecular weight excluding hydrogens is 242 g/mol. The van der Waals surface area contributed by atoms with Crippen molar-refractivity contribution in [2.24, 2.45) is 0 Å². The zero-order valence-electron chi connectivity index (χ0n) is 11.6. The summed E-state index contributed by atoms with van der Waals surface area (Å²) in [5, 5.41) is 0. The van der Waals surface area contributed by atoms with Crippen LogP contribution in [0.15, 0.2) is 24.3 Å². The Morgan fingerprint density at radius 3 is 2.79 bits per heavy atom. The van der Waals surface area contributed by atoms with Gasteiger partial charge in [0.05, 0.1) is 13.6 Å². The molecule has 0 spiro atoms. The summed E-state index contributed by atoms with van der Waals surface area (Å²) in [6.07, 6.45) is 2.12. The minimum atomic E-state index is -0.278. The Balaban J connectivity index is 1.73. The summed E-state index contributed by atoms with van der Waals surface area (Å²) >= 11 is 0. The fraction of sp³-hybridized carbons (Fsp3) is 0.533. The number of carbonyl (C=O) groups excluding carboxylic acids is 1. The van der Waals surface area contributed by atoms with Crippen molar-refractivity contribution in [2.45, 2.75) is 25.9 Å². The second-order valence-electron chi connectivity index (χ2n) is 5.27. The Hall–Kier alpha value is -1.55. The second-order valence-corrected chi connectivity index (χ2v) is 5.27. The van der Waals surface area contributed by atoms with Gasteiger partial charge in [0.1, 0.15) is 12.3 Å². The number of hydrogen-bond acceptors (Lipinski definition) is 3. The monoisotopic (exact) mass is 264 g/mol. The zero-order chi connectivity index (χ0) is 13.7. The summed E-state index contributed by atoms with van der Waals surface area (Å²) in [7, 11) is 2.13. The third kappa shape index (κ3) is 4.56. The maximum absolute atomic E-state index is 11.7. The highest BCUT2D eigenvalue weighted by atomic mass is 16.6. The minimum absolute atomic E-state index is 0.0153. The van der Waals surface area contributed by atoms with Gasteiger partial charge < -0.3 is 14.4 Å². The molecule has 0 radical (unpaired) electrons. The molecule has 1 heterocycles. The fourth-order valence-corrected chi connectivity index (χ4v) is 2.32. The molecule has 1 fully saturated rings. The number of rotatable bonds is 4. The van der Waals surface area contributed by atoms with Crippen LogP contribution in [0.25, 0.3) is 0 Å². The molecule has 4 nitrogen and oxygen atoms in total. The average Bonchev–Trinajstić information content (AvgIpc) is 2.38. The van der Waals surface area contributed by atoms with E-state index >= 15 is 0 Å². The topological polar surface area (TPSA) is 40.0 Å². The molecule has 1 N–H and O–H groups in total. The fourth-order valence-electron chi connectivity index (χ4n) is 2.32. The molecular formula is C15H22NO3+. The van der Waals surface area contributed by atoms with Crippen LogP contribution in [-0.2, 0) is 9.53 Å². The third-order valence-electron chi connectivity index (χ3n) is 3.38. The van der Waals surface area contributed by atoms with Gasteiger partial charge in [0, 0.05) is 6.42 Å². The molecule has 0 aliphatic carbocycles. The molecule has 2 rings (SSSR count). The van der Waals surface area contributed by atoms with Crippen molar-refractivity contribution in [3.63, 3.8) is 0 Å². The first-order chi connectivity index (χ1) is 9.13. The van der Waals surface area contributed by atoms with E-state index in [2.05, 4.69) is 7.05 Å². The number of likely N-dealkylation sites (tertiary alicyclic amines) is 1. The molecule has 19 heavy (non-hydrogen) atoms. The van der Waals surface area contributed by atoms with E-state index in [4.69, 9.17) is 9.47 Å². The Morgan fingerprint density at radius 1 is 1.37 bits per heavy atom. The molecule has 1 aromatic carbocycles. The first-order valence-electron chi connectivity index (χ1n) is 6.84. The molecule has 2 unspecified atom stereocenters. The summed E-state index contributed by atoms with van der Waals surface area (Å²) < 4.78 is 10.8. The number of ether oxygens (including phenoxy) is 2. The van der Waals surface area contributed by atoms with Gasteiger partial charge in [-0.2, -0.15) is 0 Å². The molecule has 1 aromatic rings. The van der Waals surface area contributed by atoms with Crippen LogP contribution in [0.1, 0.15) is 18.4 Å². The maximum Gasteiger partial charge on any atom is 0.344 e. The van der Waals surface area contributed by atoms with Gasteiger partial charge >= 0.3 is 5.97 Å². The molecule has 0 amide bonds. The molecule has 0 aromatic heterocycles. The number of quaternary nitrogens is 1. The predicted octanol–water partition coefficient (Wildman–Crippen LogP) is 0.594. The first kappa shape index (κ1) is 13.9. The van der Waals surface area contributed by atoms with Crippen LogP contribution in [0.2, 0.25) is 0 Å². The van der Waals surface area contributed by atoms with Gasteiger partial charge in [-0.25, -0.2) is 4.79 Å². The van der Waals surface area contributed by atoms with Gasteiger partial charge in [-0.15, -0.1) is 0 Å². The van der Waals surface area contributed by atoms with E-state index in [1.54, 1.807) is 0 Å². The van der Waals surface area contributed by atoms with Crippen LogP contribution < -0.4 is 9.64 Å². The molecule has 104 valence electrons. The number of likely N-dealkylation sites (N-methyl/N-ethyl adjacent to an activating group) is 1. The lowest BCUT2D eigenvalue weighted by Crippen LogP contribution is -3.11. The average molecular weight is 264 g/mol. The van der Waals surface area contributed by atoms with Crippen molar-refractivity contribution in [3.05, 3.63) is 29.8 Å². The van der Waals surface area contributed by atoms with E-state index in [-0.39, 0.29) is 18.7 Å². The van der Waals surface area contributed by atoms with E-state index in [1.165, 1.54) is 10.5 Å². The van der Waals surface area contributed by atoms with Gasteiger partial charge in [0.2, 0.25) is 0 Å².